The van der Waals surface area contributed by atoms with Crippen molar-refractivity contribution < 1.29 is 4.74 Å². The highest BCUT2D eigenvalue weighted by Crippen LogP contribution is 2.32. The van der Waals surface area contributed by atoms with Gasteiger partial charge in [0.15, 0.2) is 0 Å². The predicted octanol–water partition coefficient (Wildman–Crippen LogP) is 2.49. The van der Waals surface area contributed by atoms with Crippen molar-refractivity contribution in [2.75, 3.05) is 13.7 Å². The maximum absolute atomic E-state index is 5.19. The standard InChI is InChI=1S/C17H27N3O/c1-21-17-11-13(8-10-19-17)12-20-16-7-4-5-14(16)15-6-2-3-9-18-15/h8,10-11,14-16,18,20H,2-7,9,12H2,1H3. The summed E-state index contributed by atoms with van der Waals surface area (Å²) in [6.07, 6.45) is 9.96. The van der Waals surface area contributed by atoms with Gasteiger partial charge in [-0.1, -0.05) is 12.8 Å². The molecule has 2 heterocycles. The van der Waals surface area contributed by atoms with E-state index in [0.29, 0.717) is 11.9 Å². The summed E-state index contributed by atoms with van der Waals surface area (Å²) in [5, 5.41) is 7.51. The molecule has 1 aromatic rings. The van der Waals surface area contributed by atoms with Crippen molar-refractivity contribution in [2.45, 2.75) is 57.2 Å². The second-order valence-corrected chi connectivity index (χ2v) is 6.35. The van der Waals surface area contributed by atoms with E-state index in [1.54, 1.807) is 7.11 Å². The topological polar surface area (TPSA) is 46.2 Å². The Morgan fingerprint density at radius 2 is 2.24 bits per heavy atom. The summed E-state index contributed by atoms with van der Waals surface area (Å²) in [6.45, 7) is 2.11. The lowest BCUT2D eigenvalue weighted by Gasteiger charge is -2.33. The molecule has 4 nitrogen and oxygen atoms in total. The van der Waals surface area contributed by atoms with Crippen LogP contribution in [0, 0.1) is 5.92 Å². The van der Waals surface area contributed by atoms with E-state index in [0.717, 1.165) is 18.5 Å². The highest BCUT2D eigenvalue weighted by molar-refractivity contribution is 5.20. The fourth-order valence-corrected chi connectivity index (χ4v) is 3.89. The largest absolute Gasteiger partial charge is 0.481 e. The fraction of sp³-hybridized carbons (Fsp3) is 0.706. The Bertz CT molecular complexity index is 445. The molecule has 0 radical (unpaired) electrons. The summed E-state index contributed by atoms with van der Waals surface area (Å²) in [7, 11) is 1.67. The van der Waals surface area contributed by atoms with E-state index in [2.05, 4.69) is 21.7 Å². The minimum atomic E-state index is 0.653. The number of nitrogens with zero attached hydrogens (tertiary/aromatic N) is 1. The first kappa shape index (κ1) is 14.8. The molecule has 1 saturated heterocycles. The first-order chi connectivity index (χ1) is 10.4. The van der Waals surface area contributed by atoms with Gasteiger partial charge in [0, 0.05) is 30.9 Å². The van der Waals surface area contributed by atoms with Crippen molar-refractivity contribution in [3.63, 3.8) is 0 Å². The van der Waals surface area contributed by atoms with Gasteiger partial charge in [-0.2, -0.15) is 0 Å². The summed E-state index contributed by atoms with van der Waals surface area (Å²) < 4.78 is 5.19. The summed E-state index contributed by atoms with van der Waals surface area (Å²) in [4.78, 5) is 4.17. The Morgan fingerprint density at radius 3 is 3.05 bits per heavy atom. The van der Waals surface area contributed by atoms with Crippen molar-refractivity contribution in [2.24, 2.45) is 5.92 Å². The third-order valence-corrected chi connectivity index (χ3v) is 5.01. The third kappa shape index (κ3) is 3.74. The molecule has 21 heavy (non-hydrogen) atoms. The molecule has 3 unspecified atom stereocenters. The number of nitrogens with one attached hydrogen (secondary N) is 2. The van der Waals surface area contributed by atoms with Gasteiger partial charge in [-0.25, -0.2) is 4.98 Å². The van der Waals surface area contributed by atoms with Crippen molar-refractivity contribution in [1.82, 2.24) is 15.6 Å². The number of aromatic nitrogens is 1. The number of rotatable bonds is 5. The van der Waals surface area contributed by atoms with Gasteiger partial charge < -0.3 is 15.4 Å². The van der Waals surface area contributed by atoms with Gasteiger partial charge in [0.2, 0.25) is 5.88 Å². The van der Waals surface area contributed by atoms with Crippen LogP contribution in [0.3, 0.4) is 0 Å². The molecule has 0 bridgehead atoms. The van der Waals surface area contributed by atoms with E-state index in [1.807, 2.05) is 12.3 Å². The van der Waals surface area contributed by atoms with Crippen molar-refractivity contribution in [3.05, 3.63) is 23.9 Å². The van der Waals surface area contributed by atoms with Crippen molar-refractivity contribution in [3.8, 4) is 5.88 Å². The van der Waals surface area contributed by atoms with Crippen LogP contribution in [0.5, 0.6) is 5.88 Å². The molecular formula is C17H27N3O. The minimum absolute atomic E-state index is 0.653. The molecule has 0 amide bonds. The average Bonchev–Trinajstić information content (AvgIpc) is 3.02. The molecule has 1 aliphatic carbocycles. The number of ether oxygens (including phenoxy) is 1. The minimum Gasteiger partial charge on any atom is -0.481 e. The normalized spacial score (nSPS) is 29.5. The van der Waals surface area contributed by atoms with Crippen LogP contribution in [-0.4, -0.2) is 30.7 Å². The van der Waals surface area contributed by atoms with Crippen LogP contribution < -0.4 is 15.4 Å². The molecule has 1 aromatic heterocycles. The zero-order valence-corrected chi connectivity index (χ0v) is 13.0. The number of methoxy groups -OCH3 is 1. The van der Waals surface area contributed by atoms with Gasteiger partial charge in [-0.3, -0.25) is 0 Å². The molecule has 2 N–H and O–H groups in total. The van der Waals surface area contributed by atoms with E-state index in [9.17, 15) is 0 Å². The Morgan fingerprint density at radius 1 is 1.29 bits per heavy atom. The molecule has 116 valence electrons. The molecule has 0 aromatic carbocycles. The summed E-state index contributed by atoms with van der Waals surface area (Å²) in [6, 6.07) is 5.47. The first-order valence-corrected chi connectivity index (χ1v) is 8.32. The number of hydrogen-bond donors (Lipinski definition) is 2. The maximum atomic E-state index is 5.19. The quantitative estimate of drug-likeness (QED) is 0.874. The molecule has 4 heteroatoms. The lowest BCUT2D eigenvalue weighted by Crippen LogP contribution is -2.46. The summed E-state index contributed by atoms with van der Waals surface area (Å²) >= 11 is 0. The van der Waals surface area contributed by atoms with E-state index in [4.69, 9.17) is 4.74 Å². The Hall–Kier alpha value is -1.13. The van der Waals surface area contributed by atoms with E-state index in [1.165, 1.54) is 50.6 Å². The van der Waals surface area contributed by atoms with Gasteiger partial charge in [-0.15, -0.1) is 0 Å². The highest BCUT2D eigenvalue weighted by Gasteiger charge is 2.33. The predicted molar refractivity (Wildman–Crippen MR) is 84.4 cm³/mol. The number of piperidine rings is 1. The van der Waals surface area contributed by atoms with E-state index < -0.39 is 0 Å². The van der Waals surface area contributed by atoms with E-state index >= 15 is 0 Å². The Kier molecular flexibility index (Phi) is 5.09. The van der Waals surface area contributed by atoms with Crippen LogP contribution in [0.2, 0.25) is 0 Å². The van der Waals surface area contributed by atoms with Gasteiger partial charge in [0.05, 0.1) is 7.11 Å². The van der Waals surface area contributed by atoms with Crippen molar-refractivity contribution in [1.29, 1.82) is 0 Å². The van der Waals surface area contributed by atoms with Gasteiger partial charge in [-0.05, 0) is 49.8 Å². The van der Waals surface area contributed by atoms with Gasteiger partial charge in [0.25, 0.3) is 0 Å². The average molecular weight is 289 g/mol. The Labute approximate surface area is 127 Å². The first-order valence-electron chi connectivity index (χ1n) is 8.32. The lowest BCUT2D eigenvalue weighted by atomic mass is 9.88. The van der Waals surface area contributed by atoms with Crippen LogP contribution in [0.4, 0.5) is 0 Å². The summed E-state index contributed by atoms with van der Waals surface area (Å²) in [5.41, 5.74) is 1.25. The molecular weight excluding hydrogens is 262 g/mol. The second-order valence-electron chi connectivity index (χ2n) is 6.35. The van der Waals surface area contributed by atoms with Gasteiger partial charge >= 0.3 is 0 Å². The molecule has 2 aliphatic rings. The summed E-state index contributed by atoms with van der Waals surface area (Å²) in [5.74, 6) is 1.50. The molecule has 3 rings (SSSR count). The highest BCUT2D eigenvalue weighted by atomic mass is 16.5. The maximum Gasteiger partial charge on any atom is 0.213 e. The zero-order chi connectivity index (χ0) is 14.5. The molecule has 2 fully saturated rings. The Balaban J connectivity index is 1.55. The van der Waals surface area contributed by atoms with Crippen LogP contribution in [0.25, 0.3) is 0 Å². The van der Waals surface area contributed by atoms with Crippen molar-refractivity contribution >= 4 is 0 Å². The smallest absolute Gasteiger partial charge is 0.213 e. The van der Waals surface area contributed by atoms with Gasteiger partial charge in [0.1, 0.15) is 0 Å². The van der Waals surface area contributed by atoms with E-state index in [-0.39, 0.29) is 0 Å². The van der Waals surface area contributed by atoms with Crippen LogP contribution in [-0.2, 0) is 6.54 Å². The van der Waals surface area contributed by atoms with Crippen LogP contribution in [0.15, 0.2) is 18.3 Å². The monoisotopic (exact) mass is 289 g/mol. The number of hydrogen-bond acceptors (Lipinski definition) is 4. The molecule has 3 atom stereocenters. The SMILES string of the molecule is COc1cc(CNC2CCCC2C2CCCCN2)ccn1. The molecule has 1 aliphatic heterocycles. The zero-order valence-electron chi connectivity index (χ0n) is 13.0. The molecule has 1 saturated carbocycles. The fourth-order valence-electron chi connectivity index (χ4n) is 3.89. The second kappa shape index (κ2) is 7.23. The van der Waals surface area contributed by atoms with Crippen LogP contribution in [0.1, 0.15) is 44.1 Å². The number of pyridine rings is 1. The lowest BCUT2D eigenvalue weighted by molar-refractivity contribution is 0.256. The van der Waals surface area contributed by atoms with Crippen LogP contribution >= 0.6 is 0 Å². The third-order valence-electron chi connectivity index (χ3n) is 5.01. The molecule has 0 spiro atoms.